The molecule has 3 heterocycles. The number of pyridine rings is 1. The molecule has 0 saturated heterocycles. The number of methoxy groups -OCH3 is 1. The van der Waals surface area contributed by atoms with Crippen molar-refractivity contribution in [1.82, 2.24) is 39.9 Å². The van der Waals surface area contributed by atoms with Crippen molar-refractivity contribution in [3.63, 3.8) is 0 Å². The maximum atomic E-state index is 15.2. The molecule has 12 nitrogen and oxygen atoms in total. The first-order valence-electron chi connectivity index (χ1n) is 12.7. The Hall–Kier alpha value is -5.33. The Balaban J connectivity index is 1.32. The molecule has 5 rings (SSSR count). The molecule has 0 radical (unpaired) electrons. The van der Waals surface area contributed by atoms with Gasteiger partial charge in [-0.25, -0.2) is 9.07 Å². The highest BCUT2D eigenvalue weighted by Crippen LogP contribution is 2.26. The van der Waals surface area contributed by atoms with Crippen LogP contribution in [0.5, 0.6) is 5.75 Å². The van der Waals surface area contributed by atoms with Crippen molar-refractivity contribution in [2.45, 2.75) is 19.6 Å². The van der Waals surface area contributed by atoms with Crippen LogP contribution in [-0.4, -0.2) is 61.7 Å². The molecule has 0 atom stereocenters. The number of ether oxygens (including phenoxy) is 1. The molecule has 0 aliphatic carbocycles. The minimum absolute atomic E-state index is 0.0368. The molecule has 0 aliphatic heterocycles. The Labute approximate surface area is 234 Å². The molecular weight excluding hydrogens is 529 g/mol. The van der Waals surface area contributed by atoms with E-state index >= 15 is 4.39 Å². The lowest BCUT2D eigenvalue weighted by atomic mass is 10.1. The average molecular weight is 558 g/mol. The number of carbonyl (C=O) groups excluding carboxylic acids is 1. The Morgan fingerprint density at radius 1 is 1.05 bits per heavy atom. The molecule has 0 fully saturated rings. The summed E-state index contributed by atoms with van der Waals surface area (Å²) in [5, 5.41) is 18.5. The average Bonchev–Trinajstić information content (AvgIpc) is 3.65. The number of halogens is 1. The van der Waals surface area contributed by atoms with Gasteiger partial charge in [-0.3, -0.25) is 14.3 Å². The van der Waals surface area contributed by atoms with E-state index in [0.717, 1.165) is 11.1 Å². The molecule has 210 valence electrons. The summed E-state index contributed by atoms with van der Waals surface area (Å²) in [5.41, 5.74) is 2.78. The van der Waals surface area contributed by atoms with E-state index in [2.05, 4.69) is 25.9 Å². The second-order valence-corrected chi connectivity index (χ2v) is 9.46. The van der Waals surface area contributed by atoms with Gasteiger partial charge in [-0.15, -0.1) is 5.10 Å². The molecule has 0 saturated carbocycles. The summed E-state index contributed by atoms with van der Waals surface area (Å²) in [6.07, 6.45) is 4.76. The maximum absolute atomic E-state index is 15.2. The summed E-state index contributed by atoms with van der Waals surface area (Å²) in [4.78, 5) is 27.0. The Bertz CT molecular complexity index is 1710. The highest BCUT2D eigenvalue weighted by Gasteiger charge is 2.21. The number of nitrogens with zero attached hydrogens (tertiary/aromatic N) is 8. The lowest BCUT2D eigenvalue weighted by Gasteiger charge is -2.14. The van der Waals surface area contributed by atoms with Crippen molar-refractivity contribution >= 4 is 11.7 Å². The van der Waals surface area contributed by atoms with Gasteiger partial charge < -0.3 is 19.5 Å². The van der Waals surface area contributed by atoms with Crippen molar-refractivity contribution in [3.05, 3.63) is 112 Å². The van der Waals surface area contributed by atoms with Crippen LogP contribution in [0.15, 0.2) is 78.1 Å². The van der Waals surface area contributed by atoms with Gasteiger partial charge in [-0.2, -0.15) is 5.10 Å². The van der Waals surface area contributed by atoms with E-state index in [4.69, 9.17) is 4.74 Å². The van der Waals surface area contributed by atoms with E-state index in [9.17, 15) is 9.59 Å². The number of anilines is 1. The largest absolute Gasteiger partial charge is 0.494 e. The molecule has 3 aromatic heterocycles. The van der Waals surface area contributed by atoms with Gasteiger partial charge in [-0.1, -0.05) is 30.3 Å². The van der Waals surface area contributed by atoms with Crippen molar-refractivity contribution in [2.24, 2.45) is 0 Å². The Morgan fingerprint density at radius 2 is 1.80 bits per heavy atom. The lowest BCUT2D eigenvalue weighted by Crippen LogP contribution is -2.26. The van der Waals surface area contributed by atoms with Crippen molar-refractivity contribution in [1.29, 1.82) is 0 Å². The fraction of sp³-hybridized carbons (Fsp3) is 0.214. The standard InChI is InChI=1S/C28H28FN9O3/c1-35(2)27-22(28(40)30-14-21-23(38-18-31-33-34-38)11-12-24(41-3)26(21)29)17-37(32-27)16-20-9-7-19(8-10-20)15-36-13-5-4-6-25(36)39/h4-13,17-18H,14-16H2,1-3H3,(H,30,40). The summed E-state index contributed by atoms with van der Waals surface area (Å²) < 4.78 is 25.0. The quantitative estimate of drug-likeness (QED) is 0.277. The number of hydrogen-bond acceptors (Lipinski definition) is 8. The molecule has 0 aliphatic rings. The summed E-state index contributed by atoms with van der Waals surface area (Å²) in [7, 11) is 4.95. The maximum Gasteiger partial charge on any atom is 0.256 e. The zero-order valence-electron chi connectivity index (χ0n) is 22.7. The molecular formula is C28H28FN9O3. The van der Waals surface area contributed by atoms with Gasteiger partial charge in [0.05, 0.1) is 25.9 Å². The van der Waals surface area contributed by atoms with Crippen LogP contribution >= 0.6 is 0 Å². The summed E-state index contributed by atoms with van der Waals surface area (Å²) >= 11 is 0. The summed E-state index contributed by atoms with van der Waals surface area (Å²) in [6.45, 7) is 0.758. The van der Waals surface area contributed by atoms with Crippen molar-refractivity contribution < 1.29 is 13.9 Å². The topological polar surface area (TPSA) is 125 Å². The molecule has 5 aromatic rings. The first-order valence-corrected chi connectivity index (χ1v) is 12.7. The van der Waals surface area contributed by atoms with Crippen LogP contribution in [0.2, 0.25) is 0 Å². The monoisotopic (exact) mass is 557 g/mol. The van der Waals surface area contributed by atoms with Gasteiger partial charge in [0.2, 0.25) is 0 Å². The predicted octanol–water partition coefficient (Wildman–Crippen LogP) is 2.26. The van der Waals surface area contributed by atoms with Crippen LogP contribution in [0.3, 0.4) is 0 Å². The third kappa shape index (κ3) is 5.98. The first-order chi connectivity index (χ1) is 19.8. The number of hydrogen-bond donors (Lipinski definition) is 1. The van der Waals surface area contributed by atoms with Crippen LogP contribution in [-0.2, 0) is 19.6 Å². The zero-order valence-corrected chi connectivity index (χ0v) is 22.7. The Kier molecular flexibility index (Phi) is 7.85. The number of rotatable bonds is 10. The molecule has 13 heteroatoms. The molecule has 1 amide bonds. The van der Waals surface area contributed by atoms with Gasteiger partial charge >= 0.3 is 0 Å². The normalized spacial score (nSPS) is 10.9. The molecule has 0 spiro atoms. The Morgan fingerprint density at radius 3 is 2.46 bits per heavy atom. The molecule has 1 N–H and O–H groups in total. The third-order valence-corrected chi connectivity index (χ3v) is 6.45. The van der Waals surface area contributed by atoms with Gasteiger partial charge in [0, 0.05) is 44.7 Å². The van der Waals surface area contributed by atoms with Crippen LogP contribution in [0.25, 0.3) is 5.69 Å². The van der Waals surface area contributed by atoms with Crippen molar-refractivity contribution in [2.75, 3.05) is 26.1 Å². The lowest BCUT2D eigenvalue weighted by molar-refractivity contribution is 0.0951. The summed E-state index contributed by atoms with van der Waals surface area (Å²) in [6, 6.07) is 16.0. The number of carbonyl (C=O) groups is 1. The van der Waals surface area contributed by atoms with Crippen LogP contribution < -0.4 is 20.5 Å². The van der Waals surface area contributed by atoms with Crippen LogP contribution in [0.4, 0.5) is 10.2 Å². The predicted molar refractivity (Wildman–Crippen MR) is 149 cm³/mol. The second-order valence-electron chi connectivity index (χ2n) is 9.46. The van der Waals surface area contributed by atoms with Gasteiger partial charge in [0.25, 0.3) is 11.5 Å². The van der Waals surface area contributed by atoms with E-state index in [1.807, 2.05) is 30.3 Å². The second kappa shape index (κ2) is 11.8. The minimum Gasteiger partial charge on any atom is -0.494 e. The molecule has 2 aromatic carbocycles. The molecule has 0 unspecified atom stereocenters. The smallest absolute Gasteiger partial charge is 0.256 e. The zero-order chi connectivity index (χ0) is 28.9. The van der Waals surface area contributed by atoms with Crippen molar-refractivity contribution in [3.8, 4) is 11.4 Å². The minimum atomic E-state index is -0.620. The van der Waals surface area contributed by atoms with E-state index in [-0.39, 0.29) is 23.4 Å². The number of amides is 1. The first kappa shape index (κ1) is 27.2. The number of nitrogens with one attached hydrogen (secondary N) is 1. The van der Waals surface area contributed by atoms with Gasteiger partial charge in [0.1, 0.15) is 11.9 Å². The fourth-order valence-electron chi connectivity index (χ4n) is 4.37. The fourth-order valence-corrected chi connectivity index (χ4v) is 4.37. The SMILES string of the molecule is COc1ccc(-n2cnnn2)c(CNC(=O)c2cn(Cc3ccc(Cn4ccccc4=O)cc3)nc2N(C)C)c1F. The number of benzene rings is 2. The summed E-state index contributed by atoms with van der Waals surface area (Å²) in [5.74, 6) is -0.539. The molecule has 0 bridgehead atoms. The van der Waals surface area contributed by atoms with E-state index in [0.29, 0.717) is 30.2 Å². The number of tetrazole rings is 1. The number of aromatic nitrogens is 7. The highest BCUT2D eigenvalue weighted by atomic mass is 19.1. The van der Waals surface area contributed by atoms with Crippen LogP contribution in [0, 0.1) is 5.82 Å². The third-order valence-electron chi connectivity index (χ3n) is 6.45. The van der Waals surface area contributed by atoms with E-state index in [1.165, 1.54) is 30.3 Å². The highest BCUT2D eigenvalue weighted by molar-refractivity contribution is 5.98. The van der Waals surface area contributed by atoms with E-state index < -0.39 is 11.7 Å². The van der Waals surface area contributed by atoms with E-state index in [1.54, 1.807) is 52.8 Å². The van der Waals surface area contributed by atoms with Gasteiger partial charge in [0.15, 0.2) is 17.4 Å². The van der Waals surface area contributed by atoms with Crippen LogP contribution in [0.1, 0.15) is 27.0 Å². The molecule has 41 heavy (non-hydrogen) atoms. The van der Waals surface area contributed by atoms with Gasteiger partial charge in [-0.05, 0) is 39.8 Å².